The summed E-state index contributed by atoms with van der Waals surface area (Å²) in [5, 5.41) is 11.3. The Morgan fingerprint density at radius 1 is 1.11 bits per heavy atom. The van der Waals surface area contributed by atoms with Crippen molar-refractivity contribution in [2.24, 2.45) is 0 Å². The summed E-state index contributed by atoms with van der Waals surface area (Å²) in [6.07, 6.45) is 0. The van der Waals surface area contributed by atoms with E-state index in [1.165, 1.54) is 17.0 Å². The molecule has 2 heterocycles. The summed E-state index contributed by atoms with van der Waals surface area (Å²) in [4.78, 5) is 44.9. The van der Waals surface area contributed by atoms with Crippen LogP contribution in [0.5, 0.6) is 0 Å². The lowest BCUT2D eigenvalue weighted by molar-refractivity contribution is -0.132. The van der Waals surface area contributed by atoms with Crippen molar-refractivity contribution in [3.8, 4) is 0 Å². The molecule has 1 atom stereocenters. The predicted molar refractivity (Wildman–Crippen MR) is 139 cm³/mol. The minimum atomic E-state index is -1.01. The van der Waals surface area contributed by atoms with Gasteiger partial charge in [0.1, 0.15) is 16.5 Å². The molecule has 1 N–H and O–H groups in total. The van der Waals surface area contributed by atoms with Crippen molar-refractivity contribution in [1.29, 1.82) is 0 Å². The van der Waals surface area contributed by atoms with E-state index < -0.39 is 35.3 Å². The average molecular weight is 523 g/mol. The second-order valence-corrected chi connectivity index (χ2v) is 10.7. The van der Waals surface area contributed by atoms with Crippen LogP contribution >= 0.6 is 11.3 Å². The van der Waals surface area contributed by atoms with Crippen LogP contribution in [-0.4, -0.2) is 34.4 Å². The van der Waals surface area contributed by atoms with E-state index in [1.54, 1.807) is 26.0 Å². The van der Waals surface area contributed by atoms with Gasteiger partial charge in [-0.25, -0.2) is 14.2 Å². The quantitative estimate of drug-likeness (QED) is 0.200. The average Bonchev–Trinajstić information content (AvgIpc) is 3.35. The lowest BCUT2D eigenvalue weighted by Gasteiger charge is -2.24. The van der Waals surface area contributed by atoms with E-state index in [-0.39, 0.29) is 33.2 Å². The van der Waals surface area contributed by atoms with Crippen molar-refractivity contribution in [3.63, 3.8) is 0 Å². The number of benzene rings is 2. The zero-order chi connectivity index (χ0) is 27.1. The number of ketones is 1. The molecule has 0 saturated carbocycles. The number of rotatable bonds is 5. The van der Waals surface area contributed by atoms with Gasteiger partial charge >= 0.3 is 11.9 Å². The number of nitrogens with zero attached hydrogens (tertiary/aromatic N) is 2. The van der Waals surface area contributed by atoms with E-state index in [0.717, 1.165) is 29.0 Å². The van der Waals surface area contributed by atoms with Crippen molar-refractivity contribution < 1.29 is 28.6 Å². The Hall–Kier alpha value is -3.85. The lowest BCUT2D eigenvalue weighted by atomic mass is 9.85. The number of amides is 1. The smallest absolute Gasteiger partial charge is 0.350 e. The molecule has 0 spiro atoms. The number of thiazole rings is 1. The van der Waals surface area contributed by atoms with Crippen molar-refractivity contribution in [3.05, 3.63) is 87.2 Å². The summed E-state index contributed by atoms with van der Waals surface area (Å²) >= 11 is 0.941. The lowest BCUT2D eigenvalue weighted by Crippen LogP contribution is -2.29. The SMILES string of the molecule is CCOC(=O)c1sc(N2C(=O)C(=O)C(=C(O)c3ccc(F)cc3)C2c2ccc(C(C)(C)C)cc2)nc1C. The highest BCUT2D eigenvalue weighted by Gasteiger charge is 2.48. The van der Waals surface area contributed by atoms with Gasteiger partial charge < -0.3 is 9.84 Å². The van der Waals surface area contributed by atoms with Gasteiger partial charge in [0.05, 0.1) is 23.9 Å². The van der Waals surface area contributed by atoms with E-state index in [2.05, 4.69) is 25.8 Å². The third-order valence-corrected chi connectivity index (χ3v) is 7.24. The minimum absolute atomic E-state index is 0.130. The molecule has 3 aromatic rings. The molecule has 37 heavy (non-hydrogen) atoms. The van der Waals surface area contributed by atoms with Crippen molar-refractivity contribution in [2.75, 3.05) is 11.5 Å². The number of halogens is 1. The summed E-state index contributed by atoms with van der Waals surface area (Å²) in [6.45, 7) is 9.68. The molecule has 1 amide bonds. The molecule has 1 saturated heterocycles. The predicted octanol–water partition coefficient (Wildman–Crippen LogP) is 5.69. The van der Waals surface area contributed by atoms with Crippen LogP contribution in [0.1, 0.15) is 65.8 Å². The van der Waals surface area contributed by atoms with Crippen LogP contribution in [0.2, 0.25) is 0 Å². The first-order chi connectivity index (χ1) is 17.4. The minimum Gasteiger partial charge on any atom is -0.507 e. The van der Waals surface area contributed by atoms with Gasteiger partial charge in [-0.3, -0.25) is 14.5 Å². The fraction of sp³-hybridized carbons (Fsp3) is 0.286. The zero-order valence-corrected chi connectivity index (χ0v) is 22.0. The number of Topliss-reactive ketones (excluding diaryl/α,β-unsaturated/α-hetero) is 1. The maximum absolute atomic E-state index is 13.5. The number of aryl methyl sites for hydroxylation is 1. The van der Waals surface area contributed by atoms with Gasteiger partial charge in [-0.15, -0.1) is 0 Å². The van der Waals surface area contributed by atoms with E-state index in [9.17, 15) is 23.9 Å². The van der Waals surface area contributed by atoms with Crippen molar-refractivity contribution in [2.45, 2.75) is 46.1 Å². The third-order valence-electron chi connectivity index (χ3n) is 6.11. The highest BCUT2D eigenvalue weighted by Crippen LogP contribution is 2.44. The fourth-order valence-corrected chi connectivity index (χ4v) is 5.13. The number of carbonyl (C=O) groups is 3. The second-order valence-electron chi connectivity index (χ2n) is 9.68. The summed E-state index contributed by atoms with van der Waals surface area (Å²) in [5.74, 6) is -3.30. The molecule has 9 heteroatoms. The van der Waals surface area contributed by atoms with Crippen molar-refractivity contribution in [1.82, 2.24) is 4.98 Å². The standard InChI is InChI=1S/C28H27FN2O5S/c1-6-36-26(35)24-15(2)30-27(37-24)31-21(16-7-11-18(12-8-16)28(3,4)5)20(23(33)25(31)34)22(32)17-9-13-19(29)14-10-17/h7-14,21,32H,6H2,1-5H3. The zero-order valence-electron chi connectivity index (χ0n) is 21.2. The Morgan fingerprint density at radius 3 is 2.30 bits per heavy atom. The number of hydrogen-bond acceptors (Lipinski definition) is 7. The monoisotopic (exact) mass is 522 g/mol. The molecule has 0 aliphatic carbocycles. The number of aromatic nitrogens is 1. The molecule has 192 valence electrons. The Kier molecular flexibility index (Phi) is 7.01. The summed E-state index contributed by atoms with van der Waals surface area (Å²) in [6, 6.07) is 11.4. The maximum atomic E-state index is 13.5. The Morgan fingerprint density at radius 2 is 1.73 bits per heavy atom. The van der Waals surface area contributed by atoms with Gasteiger partial charge in [0.15, 0.2) is 5.13 Å². The van der Waals surface area contributed by atoms with E-state index >= 15 is 0 Å². The van der Waals surface area contributed by atoms with Gasteiger partial charge in [0.2, 0.25) is 0 Å². The van der Waals surface area contributed by atoms with Gasteiger partial charge in [-0.1, -0.05) is 56.4 Å². The molecule has 1 unspecified atom stereocenters. The number of hydrogen-bond donors (Lipinski definition) is 1. The van der Waals surface area contributed by atoms with Gasteiger partial charge in [-0.2, -0.15) is 0 Å². The number of anilines is 1. The van der Waals surface area contributed by atoms with Gasteiger partial charge in [0, 0.05) is 5.56 Å². The first-order valence-electron chi connectivity index (χ1n) is 11.8. The van der Waals surface area contributed by atoms with Crippen LogP contribution in [0.15, 0.2) is 54.1 Å². The molecule has 1 aliphatic rings. The molecular weight excluding hydrogens is 495 g/mol. The van der Waals surface area contributed by atoms with Crippen LogP contribution in [0.3, 0.4) is 0 Å². The van der Waals surface area contributed by atoms with Crippen LogP contribution in [0.25, 0.3) is 5.76 Å². The molecule has 1 fully saturated rings. The summed E-state index contributed by atoms with van der Waals surface area (Å²) < 4.78 is 18.6. The number of aliphatic hydroxyl groups excluding tert-OH is 1. The highest BCUT2D eigenvalue weighted by molar-refractivity contribution is 7.17. The molecular formula is C28H27FN2O5S. The van der Waals surface area contributed by atoms with Crippen LogP contribution in [0.4, 0.5) is 9.52 Å². The Bertz CT molecular complexity index is 1400. The first kappa shape index (κ1) is 26.2. The molecule has 2 aromatic carbocycles. The maximum Gasteiger partial charge on any atom is 0.350 e. The first-order valence-corrected chi connectivity index (χ1v) is 12.6. The normalized spacial score (nSPS) is 17.4. The van der Waals surface area contributed by atoms with E-state index in [4.69, 9.17) is 4.74 Å². The number of carbonyl (C=O) groups excluding carboxylic acids is 3. The van der Waals surface area contributed by atoms with Crippen LogP contribution < -0.4 is 4.90 Å². The molecule has 0 radical (unpaired) electrons. The second kappa shape index (κ2) is 9.89. The summed E-state index contributed by atoms with van der Waals surface area (Å²) in [5.41, 5.74) is 1.89. The van der Waals surface area contributed by atoms with Crippen LogP contribution in [0, 0.1) is 12.7 Å². The van der Waals surface area contributed by atoms with Crippen molar-refractivity contribution >= 4 is 39.9 Å². The number of esters is 1. The topological polar surface area (TPSA) is 96.8 Å². The van der Waals surface area contributed by atoms with Gasteiger partial charge in [-0.05, 0) is 54.7 Å². The molecule has 4 rings (SSSR count). The Balaban J connectivity index is 1.91. The number of ether oxygens (including phenoxy) is 1. The van der Waals surface area contributed by atoms with Gasteiger partial charge in [0.25, 0.3) is 5.78 Å². The third kappa shape index (κ3) is 4.91. The van der Waals surface area contributed by atoms with E-state index in [0.29, 0.717) is 11.3 Å². The van der Waals surface area contributed by atoms with Crippen LogP contribution in [-0.2, 0) is 19.7 Å². The number of aliphatic hydroxyl groups is 1. The Labute approximate surface area is 218 Å². The fourth-order valence-electron chi connectivity index (χ4n) is 4.15. The molecule has 1 aliphatic heterocycles. The highest BCUT2D eigenvalue weighted by atomic mass is 32.1. The molecule has 1 aromatic heterocycles. The largest absolute Gasteiger partial charge is 0.507 e. The molecule has 0 bridgehead atoms. The summed E-state index contributed by atoms with van der Waals surface area (Å²) in [7, 11) is 0. The molecule has 7 nitrogen and oxygen atoms in total. The van der Waals surface area contributed by atoms with E-state index in [1.807, 2.05) is 12.1 Å².